The zero-order chi connectivity index (χ0) is 15.2. The zero-order valence-electron chi connectivity index (χ0n) is 12.6. The minimum atomic E-state index is -0.528. The van der Waals surface area contributed by atoms with E-state index in [0.717, 1.165) is 13.0 Å². The topological polar surface area (TPSA) is 50.4 Å². The van der Waals surface area contributed by atoms with Crippen molar-refractivity contribution in [3.8, 4) is 0 Å². The average molecular weight is 294 g/mol. The largest absolute Gasteiger partial charge is 0.465 e. The Labute approximate surface area is 125 Å². The lowest BCUT2D eigenvalue weighted by Crippen LogP contribution is -2.37. The highest BCUT2D eigenvalue weighted by Gasteiger charge is 2.18. The fourth-order valence-electron chi connectivity index (χ4n) is 2.80. The third-order valence-corrected chi connectivity index (χ3v) is 3.84. The van der Waals surface area contributed by atoms with Gasteiger partial charge in [-0.15, -0.1) is 0 Å². The highest BCUT2D eigenvalue weighted by molar-refractivity contribution is 5.95. The van der Waals surface area contributed by atoms with Crippen LogP contribution in [-0.4, -0.2) is 31.7 Å². The summed E-state index contributed by atoms with van der Waals surface area (Å²) in [4.78, 5) is 11.7. The molecule has 4 nitrogen and oxygen atoms in total. The first-order valence-electron chi connectivity index (χ1n) is 7.48. The van der Waals surface area contributed by atoms with Gasteiger partial charge in [0, 0.05) is 17.8 Å². The highest BCUT2D eigenvalue weighted by Crippen LogP contribution is 2.21. The van der Waals surface area contributed by atoms with E-state index in [1.807, 2.05) is 0 Å². The summed E-state index contributed by atoms with van der Waals surface area (Å²) < 4.78 is 18.0. The van der Waals surface area contributed by atoms with Crippen LogP contribution in [0, 0.1) is 5.82 Å². The van der Waals surface area contributed by atoms with Gasteiger partial charge in [0.05, 0.1) is 12.7 Å². The van der Waals surface area contributed by atoms with Crippen LogP contribution in [0.5, 0.6) is 0 Å². The molecule has 116 valence electrons. The van der Waals surface area contributed by atoms with Crippen LogP contribution >= 0.6 is 0 Å². The Kier molecular flexibility index (Phi) is 5.56. The zero-order valence-corrected chi connectivity index (χ0v) is 12.6. The van der Waals surface area contributed by atoms with Gasteiger partial charge in [0.2, 0.25) is 0 Å². The van der Waals surface area contributed by atoms with Crippen LogP contribution in [0.2, 0.25) is 0 Å². The number of halogens is 1. The number of carbonyl (C=O) groups is 1. The SMILES string of the molecule is COC(=O)c1cc(F)ccc1NC(C)CC1CCCCN1. The fraction of sp³-hybridized carbons (Fsp3) is 0.562. The molecular formula is C16H23FN2O2. The smallest absolute Gasteiger partial charge is 0.340 e. The Balaban J connectivity index is 2.02. The number of rotatable bonds is 5. The van der Waals surface area contributed by atoms with Crippen molar-refractivity contribution in [2.45, 2.75) is 44.7 Å². The summed E-state index contributed by atoms with van der Waals surface area (Å²) in [6.45, 7) is 3.14. The number of methoxy groups -OCH3 is 1. The maximum absolute atomic E-state index is 13.3. The van der Waals surface area contributed by atoms with E-state index in [-0.39, 0.29) is 11.6 Å². The van der Waals surface area contributed by atoms with Gasteiger partial charge in [-0.2, -0.15) is 0 Å². The van der Waals surface area contributed by atoms with Gasteiger partial charge < -0.3 is 15.4 Å². The number of esters is 1. The molecule has 0 bridgehead atoms. The first kappa shape index (κ1) is 15.8. The van der Waals surface area contributed by atoms with Crippen LogP contribution in [-0.2, 0) is 4.74 Å². The van der Waals surface area contributed by atoms with Crippen molar-refractivity contribution in [2.75, 3.05) is 19.0 Å². The second-order valence-corrected chi connectivity index (χ2v) is 5.61. The Hall–Kier alpha value is -1.62. The van der Waals surface area contributed by atoms with Crippen LogP contribution in [0.1, 0.15) is 43.0 Å². The summed E-state index contributed by atoms with van der Waals surface area (Å²) in [5.74, 6) is -0.970. The first-order chi connectivity index (χ1) is 10.1. The summed E-state index contributed by atoms with van der Waals surface area (Å²) in [5.41, 5.74) is 0.854. The van der Waals surface area contributed by atoms with Crippen LogP contribution < -0.4 is 10.6 Å². The van der Waals surface area contributed by atoms with Gasteiger partial charge in [-0.25, -0.2) is 9.18 Å². The molecule has 0 amide bonds. The molecule has 0 saturated carbocycles. The number of anilines is 1. The van der Waals surface area contributed by atoms with E-state index in [1.54, 1.807) is 6.07 Å². The van der Waals surface area contributed by atoms with Gasteiger partial charge in [-0.05, 0) is 50.9 Å². The maximum Gasteiger partial charge on any atom is 0.340 e. The molecular weight excluding hydrogens is 271 g/mol. The van der Waals surface area contributed by atoms with Crippen molar-refractivity contribution in [3.05, 3.63) is 29.6 Å². The highest BCUT2D eigenvalue weighted by atomic mass is 19.1. The van der Waals surface area contributed by atoms with Crippen LogP contribution in [0.3, 0.4) is 0 Å². The van der Waals surface area contributed by atoms with Crippen LogP contribution in [0.15, 0.2) is 18.2 Å². The van der Waals surface area contributed by atoms with Crippen molar-refractivity contribution in [1.82, 2.24) is 5.32 Å². The van der Waals surface area contributed by atoms with Crippen LogP contribution in [0.25, 0.3) is 0 Å². The van der Waals surface area contributed by atoms with Gasteiger partial charge in [0.1, 0.15) is 5.82 Å². The van der Waals surface area contributed by atoms with E-state index in [9.17, 15) is 9.18 Å². The minimum absolute atomic E-state index is 0.189. The van der Waals surface area contributed by atoms with E-state index in [4.69, 9.17) is 4.74 Å². The van der Waals surface area contributed by atoms with Gasteiger partial charge in [-0.1, -0.05) is 6.42 Å². The number of benzene rings is 1. The van der Waals surface area contributed by atoms with Gasteiger partial charge >= 0.3 is 5.97 Å². The standard InChI is InChI=1S/C16H23FN2O2/c1-11(9-13-5-3-4-8-18-13)19-15-7-6-12(17)10-14(15)16(20)21-2/h6-7,10-11,13,18-19H,3-5,8-9H2,1-2H3. The average Bonchev–Trinajstić information content (AvgIpc) is 2.49. The number of hydrogen-bond donors (Lipinski definition) is 2. The molecule has 0 spiro atoms. The Morgan fingerprint density at radius 1 is 1.52 bits per heavy atom. The molecule has 0 aromatic heterocycles. The molecule has 1 aliphatic heterocycles. The molecule has 5 heteroatoms. The summed E-state index contributed by atoms with van der Waals surface area (Å²) in [6.07, 6.45) is 4.65. The Bertz CT molecular complexity index is 487. The van der Waals surface area contributed by atoms with E-state index >= 15 is 0 Å². The lowest BCUT2D eigenvalue weighted by atomic mass is 9.98. The number of hydrogen-bond acceptors (Lipinski definition) is 4. The van der Waals surface area contributed by atoms with Gasteiger partial charge in [-0.3, -0.25) is 0 Å². The summed E-state index contributed by atoms with van der Waals surface area (Å²) >= 11 is 0. The third kappa shape index (κ3) is 4.43. The molecule has 1 saturated heterocycles. The Morgan fingerprint density at radius 2 is 2.33 bits per heavy atom. The monoisotopic (exact) mass is 294 g/mol. The second kappa shape index (κ2) is 7.41. The van der Waals surface area contributed by atoms with Crippen molar-refractivity contribution in [2.24, 2.45) is 0 Å². The van der Waals surface area contributed by atoms with E-state index < -0.39 is 11.8 Å². The lowest BCUT2D eigenvalue weighted by molar-refractivity contribution is 0.0601. The molecule has 1 aromatic carbocycles. The summed E-state index contributed by atoms with van der Waals surface area (Å²) in [6, 6.07) is 4.84. The first-order valence-corrected chi connectivity index (χ1v) is 7.48. The number of carbonyl (C=O) groups excluding carboxylic acids is 1. The molecule has 0 aliphatic carbocycles. The van der Waals surface area contributed by atoms with Gasteiger partial charge in [0.15, 0.2) is 0 Å². The van der Waals surface area contributed by atoms with Crippen molar-refractivity contribution >= 4 is 11.7 Å². The molecule has 1 aliphatic rings. The van der Waals surface area contributed by atoms with Gasteiger partial charge in [0.25, 0.3) is 0 Å². The minimum Gasteiger partial charge on any atom is -0.465 e. The second-order valence-electron chi connectivity index (χ2n) is 5.61. The number of nitrogens with one attached hydrogen (secondary N) is 2. The van der Waals surface area contributed by atoms with E-state index in [2.05, 4.69) is 17.6 Å². The number of piperidine rings is 1. The van der Waals surface area contributed by atoms with Crippen molar-refractivity contribution < 1.29 is 13.9 Å². The molecule has 0 radical (unpaired) electrons. The maximum atomic E-state index is 13.3. The Morgan fingerprint density at radius 3 is 3.00 bits per heavy atom. The van der Waals surface area contributed by atoms with Crippen molar-refractivity contribution in [1.29, 1.82) is 0 Å². The fourth-order valence-corrected chi connectivity index (χ4v) is 2.80. The summed E-state index contributed by atoms with van der Waals surface area (Å²) in [5, 5.41) is 6.79. The molecule has 2 atom stereocenters. The molecule has 21 heavy (non-hydrogen) atoms. The normalized spacial score (nSPS) is 19.9. The molecule has 1 fully saturated rings. The molecule has 1 aromatic rings. The lowest BCUT2D eigenvalue weighted by Gasteiger charge is -2.27. The van der Waals surface area contributed by atoms with Crippen LogP contribution in [0.4, 0.5) is 10.1 Å². The summed E-state index contributed by atoms with van der Waals surface area (Å²) in [7, 11) is 1.30. The molecule has 2 unspecified atom stereocenters. The predicted octanol–water partition coefficient (Wildman–Crippen LogP) is 2.94. The molecule has 2 rings (SSSR count). The quantitative estimate of drug-likeness (QED) is 0.820. The molecule has 2 N–H and O–H groups in total. The van der Waals surface area contributed by atoms with Crippen molar-refractivity contribution in [3.63, 3.8) is 0 Å². The third-order valence-electron chi connectivity index (χ3n) is 3.84. The van der Waals surface area contributed by atoms with E-state index in [1.165, 1.54) is 38.5 Å². The molecule has 1 heterocycles. The number of ether oxygens (including phenoxy) is 1. The van der Waals surface area contributed by atoms with E-state index in [0.29, 0.717) is 11.7 Å². The predicted molar refractivity (Wildman–Crippen MR) is 81.1 cm³/mol.